The van der Waals surface area contributed by atoms with Crippen LogP contribution in [0.15, 0.2) is 42.5 Å². The number of hydrogen-bond donors (Lipinski definition) is 1. The lowest BCUT2D eigenvalue weighted by Crippen LogP contribution is -2.41. The van der Waals surface area contributed by atoms with Crippen molar-refractivity contribution < 1.29 is 0 Å². The summed E-state index contributed by atoms with van der Waals surface area (Å²) in [7, 11) is 0. The molecule has 2 aliphatic heterocycles. The monoisotopic (exact) mass is 347 g/mol. The molecule has 2 heteroatoms. The van der Waals surface area contributed by atoms with E-state index in [4.69, 9.17) is 0 Å². The second kappa shape index (κ2) is 3.58. The summed E-state index contributed by atoms with van der Waals surface area (Å²) in [4.78, 5) is 0. The molecule has 0 amide bonds. The molecular weight excluding hydrogens is 333 g/mol. The van der Waals surface area contributed by atoms with Gasteiger partial charge in [-0.2, -0.15) is 0 Å². The third-order valence-electron chi connectivity index (χ3n) is 4.37. The first kappa shape index (κ1) is 11.0. The molecule has 0 saturated heterocycles. The van der Waals surface area contributed by atoms with E-state index in [1.165, 1.54) is 25.8 Å². The molecule has 1 nitrogen and oxygen atoms in total. The molecule has 0 aliphatic carbocycles. The minimum atomic E-state index is -0.00394. The number of nitrogens with one attached hydrogen (secondary N) is 1. The molecule has 2 aliphatic rings. The van der Waals surface area contributed by atoms with Crippen molar-refractivity contribution in [3.63, 3.8) is 0 Å². The van der Waals surface area contributed by atoms with Crippen molar-refractivity contribution in [1.82, 2.24) is 5.32 Å². The molecule has 0 spiro atoms. The van der Waals surface area contributed by atoms with Crippen LogP contribution >= 0.6 is 22.6 Å². The molecule has 0 radical (unpaired) electrons. The zero-order chi connectivity index (χ0) is 12.3. The lowest BCUT2D eigenvalue weighted by molar-refractivity contribution is 0.389. The Morgan fingerprint density at radius 2 is 2.00 bits per heavy atom. The molecule has 2 atom stereocenters. The van der Waals surface area contributed by atoms with Crippen LogP contribution in [0, 0.1) is 3.57 Å². The summed E-state index contributed by atoms with van der Waals surface area (Å²) < 4.78 is 1.32. The number of fused-ring (bicyclic) bond motifs is 7. The standard InChI is InChI=1S/C16H14IN/c1-16-13-5-3-2-4-10(13)8-15(18-16)12-7-6-11(17)9-14(12)16/h2-7,9,15,18H,8H2,1H3/t15-,16+/m0/s1. The Kier molecular flexibility index (Phi) is 2.19. The first-order valence-corrected chi connectivity index (χ1v) is 7.42. The number of halogens is 1. The van der Waals surface area contributed by atoms with Crippen LogP contribution in [0.3, 0.4) is 0 Å². The minimum Gasteiger partial charge on any atom is -0.297 e. The van der Waals surface area contributed by atoms with Crippen LogP contribution in [0.5, 0.6) is 0 Å². The molecule has 18 heavy (non-hydrogen) atoms. The van der Waals surface area contributed by atoms with Crippen LogP contribution < -0.4 is 5.32 Å². The van der Waals surface area contributed by atoms with E-state index >= 15 is 0 Å². The average molecular weight is 347 g/mol. The zero-order valence-corrected chi connectivity index (χ0v) is 12.4. The van der Waals surface area contributed by atoms with Crippen molar-refractivity contribution in [2.75, 3.05) is 0 Å². The normalized spacial score (nSPS) is 27.8. The maximum absolute atomic E-state index is 3.81. The van der Waals surface area contributed by atoms with Crippen molar-refractivity contribution in [2.24, 2.45) is 0 Å². The van der Waals surface area contributed by atoms with Crippen LogP contribution in [-0.4, -0.2) is 0 Å². The molecule has 90 valence electrons. The van der Waals surface area contributed by atoms with Gasteiger partial charge in [0.2, 0.25) is 0 Å². The summed E-state index contributed by atoms with van der Waals surface area (Å²) in [5.74, 6) is 0. The Balaban J connectivity index is 2.04. The summed E-state index contributed by atoms with van der Waals surface area (Å²) in [5.41, 5.74) is 5.88. The predicted molar refractivity (Wildman–Crippen MR) is 81.6 cm³/mol. The van der Waals surface area contributed by atoms with Gasteiger partial charge in [0.1, 0.15) is 0 Å². The van der Waals surface area contributed by atoms with E-state index in [0.29, 0.717) is 6.04 Å². The highest BCUT2D eigenvalue weighted by Crippen LogP contribution is 2.48. The number of benzene rings is 2. The quantitative estimate of drug-likeness (QED) is 0.716. The topological polar surface area (TPSA) is 12.0 Å². The van der Waals surface area contributed by atoms with Gasteiger partial charge in [-0.15, -0.1) is 0 Å². The maximum Gasteiger partial charge on any atom is 0.0673 e. The third kappa shape index (κ3) is 1.30. The number of rotatable bonds is 0. The summed E-state index contributed by atoms with van der Waals surface area (Å²) >= 11 is 2.41. The Morgan fingerprint density at radius 1 is 1.17 bits per heavy atom. The molecule has 0 fully saturated rings. The van der Waals surface area contributed by atoms with Crippen LogP contribution in [0.2, 0.25) is 0 Å². The molecular formula is C16H14IN. The molecule has 0 unspecified atom stereocenters. The molecule has 2 aromatic carbocycles. The van der Waals surface area contributed by atoms with Gasteiger partial charge in [0.25, 0.3) is 0 Å². The Bertz CT molecular complexity index is 649. The summed E-state index contributed by atoms with van der Waals surface area (Å²) in [5, 5.41) is 3.81. The highest BCUT2D eigenvalue weighted by molar-refractivity contribution is 14.1. The molecule has 2 aromatic rings. The van der Waals surface area contributed by atoms with Gasteiger partial charge >= 0.3 is 0 Å². The molecule has 2 bridgehead atoms. The van der Waals surface area contributed by atoms with Gasteiger partial charge in [-0.1, -0.05) is 30.3 Å². The van der Waals surface area contributed by atoms with E-state index in [-0.39, 0.29) is 5.54 Å². The van der Waals surface area contributed by atoms with E-state index in [1.54, 1.807) is 0 Å². The van der Waals surface area contributed by atoms with Gasteiger partial charge < -0.3 is 0 Å². The molecule has 1 N–H and O–H groups in total. The van der Waals surface area contributed by atoms with Crippen LogP contribution in [0.4, 0.5) is 0 Å². The summed E-state index contributed by atoms with van der Waals surface area (Å²) in [6, 6.07) is 16.2. The fourth-order valence-corrected chi connectivity index (χ4v) is 4.05. The highest BCUT2D eigenvalue weighted by Gasteiger charge is 2.45. The zero-order valence-electron chi connectivity index (χ0n) is 10.2. The Labute approximate surface area is 121 Å². The van der Waals surface area contributed by atoms with Gasteiger partial charge in [-0.25, -0.2) is 0 Å². The van der Waals surface area contributed by atoms with Gasteiger partial charge in [0.15, 0.2) is 0 Å². The molecule has 4 rings (SSSR count). The third-order valence-corrected chi connectivity index (χ3v) is 5.04. The number of hydrogen-bond acceptors (Lipinski definition) is 1. The Morgan fingerprint density at radius 3 is 2.89 bits per heavy atom. The van der Waals surface area contributed by atoms with Gasteiger partial charge in [0.05, 0.1) is 5.54 Å². The van der Waals surface area contributed by atoms with E-state index in [2.05, 4.69) is 77.3 Å². The van der Waals surface area contributed by atoms with E-state index < -0.39 is 0 Å². The van der Waals surface area contributed by atoms with Crippen LogP contribution in [-0.2, 0) is 12.0 Å². The Hall–Kier alpha value is -0.870. The summed E-state index contributed by atoms with van der Waals surface area (Å²) in [6.07, 6.45) is 1.11. The second-order valence-electron chi connectivity index (χ2n) is 5.41. The van der Waals surface area contributed by atoms with Crippen molar-refractivity contribution in [1.29, 1.82) is 0 Å². The SMILES string of the molecule is C[C@@]12N[C@@H](Cc3ccccc31)c1ccc(I)cc12. The van der Waals surface area contributed by atoms with E-state index in [1.807, 2.05) is 0 Å². The first-order valence-electron chi connectivity index (χ1n) is 6.34. The van der Waals surface area contributed by atoms with E-state index in [9.17, 15) is 0 Å². The van der Waals surface area contributed by atoms with Crippen LogP contribution in [0.1, 0.15) is 35.2 Å². The van der Waals surface area contributed by atoms with Crippen LogP contribution in [0.25, 0.3) is 0 Å². The van der Waals surface area contributed by atoms with E-state index in [0.717, 1.165) is 6.42 Å². The van der Waals surface area contributed by atoms with Crippen molar-refractivity contribution in [3.05, 3.63) is 68.3 Å². The minimum absolute atomic E-state index is 0.00394. The fraction of sp³-hybridized carbons (Fsp3) is 0.250. The molecule has 2 heterocycles. The smallest absolute Gasteiger partial charge is 0.0673 e. The average Bonchev–Trinajstić information content (AvgIpc) is 2.59. The fourth-order valence-electron chi connectivity index (χ4n) is 3.56. The van der Waals surface area contributed by atoms with Gasteiger partial charge in [0, 0.05) is 9.61 Å². The van der Waals surface area contributed by atoms with Gasteiger partial charge in [-0.05, 0) is 70.3 Å². The molecule has 0 saturated carbocycles. The lowest BCUT2D eigenvalue weighted by atomic mass is 9.82. The molecule has 0 aromatic heterocycles. The highest BCUT2D eigenvalue weighted by atomic mass is 127. The summed E-state index contributed by atoms with van der Waals surface area (Å²) in [6.45, 7) is 2.32. The first-order chi connectivity index (χ1) is 8.68. The van der Waals surface area contributed by atoms with Crippen molar-refractivity contribution in [3.8, 4) is 0 Å². The van der Waals surface area contributed by atoms with Gasteiger partial charge in [-0.3, -0.25) is 5.32 Å². The van der Waals surface area contributed by atoms with Crippen molar-refractivity contribution in [2.45, 2.75) is 24.9 Å². The second-order valence-corrected chi connectivity index (χ2v) is 6.66. The predicted octanol–water partition coefficient (Wildman–Crippen LogP) is 3.76. The lowest BCUT2D eigenvalue weighted by Gasteiger charge is -2.34. The maximum atomic E-state index is 3.81. The van der Waals surface area contributed by atoms with Crippen molar-refractivity contribution >= 4 is 22.6 Å². The largest absolute Gasteiger partial charge is 0.297 e.